The Kier molecular flexibility index (Phi) is 4.66. The van der Waals surface area contributed by atoms with Crippen molar-refractivity contribution in [3.8, 4) is 11.5 Å². The van der Waals surface area contributed by atoms with Crippen LogP contribution in [0.2, 0.25) is 0 Å². The lowest BCUT2D eigenvalue weighted by Gasteiger charge is -2.06. The van der Waals surface area contributed by atoms with E-state index in [1.165, 1.54) is 24.3 Å². The van der Waals surface area contributed by atoms with Crippen LogP contribution in [0.3, 0.4) is 0 Å². The molecule has 0 spiro atoms. The van der Waals surface area contributed by atoms with Crippen LogP contribution in [0, 0.1) is 10.1 Å². The first-order valence-electron chi connectivity index (χ1n) is 6.99. The van der Waals surface area contributed by atoms with E-state index in [1.807, 2.05) is 0 Å². The number of nitro groups is 1. The molecule has 1 aliphatic rings. The van der Waals surface area contributed by atoms with Gasteiger partial charge >= 0.3 is 5.97 Å². The Balaban J connectivity index is 1.67. The molecule has 8 nitrogen and oxygen atoms in total. The van der Waals surface area contributed by atoms with Crippen molar-refractivity contribution in [2.45, 2.75) is 0 Å². The molecule has 2 aromatic carbocycles. The van der Waals surface area contributed by atoms with E-state index in [9.17, 15) is 19.7 Å². The fraction of sp³-hybridized carbons (Fsp3) is 0.125. The van der Waals surface area contributed by atoms with Crippen LogP contribution in [0.1, 0.15) is 20.7 Å². The molecule has 0 saturated carbocycles. The first kappa shape index (κ1) is 16.9. The number of hydrogen-bond donors (Lipinski definition) is 0. The van der Waals surface area contributed by atoms with Crippen molar-refractivity contribution in [3.63, 3.8) is 0 Å². The molecule has 25 heavy (non-hydrogen) atoms. The fourth-order valence-corrected chi connectivity index (χ4v) is 2.54. The lowest BCUT2D eigenvalue weighted by atomic mass is 10.1. The van der Waals surface area contributed by atoms with Gasteiger partial charge in [-0.1, -0.05) is 0 Å². The van der Waals surface area contributed by atoms with E-state index >= 15 is 0 Å². The van der Waals surface area contributed by atoms with Gasteiger partial charge in [0.1, 0.15) is 0 Å². The molecule has 128 valence electrons. The molecule has 1 heterocycles. The number of carbonyl (C=O) groups excluding carboxylic acids is 2. The van der Waals surface area contributed by atoms with Gasteiger partial charge in [-0.05, 0) is 46.3 Å². The van der Waals surface area contributed by atoms with Crippen LogP contribution in [0.4, 0.5) is 5.69 Å². The molecule has 9 heteroatoms. The molecule has 2 aromatic rings. The fourth-order valence-electron chi connectivity index (χ4n) is 2.15. The number of carbonyl (C=O) groups is 2. The van der Waals surface area contributed by atoms with Crippen LogP contribution in [0.25, 0.3) is 0 Å². The van der Waals surface area contributed by atoms with Gasteiger partial charge in [-0.2, -0.15) is 0 Å². The predicted octanol–water partition coefficient (Wildman–Crippen LogP) is 3.13. The summed E-state index contributed by atoms with van der Waals surface area (Å²) >= 11 is 3.03. The number of halogens is 1. The molecule has 0 atom stereocenters. The van der Waals surface area contributed by atoms with Crippen LogP contribution in [-0.2, 0) is 4.74 Å². The summed E-state index contributed by atoms with van der Waals surface area (Å²) in [6.45, 7) is -0.410. The quantitative estimate of drug-likeness (QED) is 0.324. The molecule has 0 fully saturated rings. The summed E-state index contributed by atoms with van der Waals surface area (Å²) in [7, 11) is 0. The maximum atomic E-state index is 12.1. The van der Waals surface area contributed by atoms with Gasteiger partial charge in [-0.3, -0.25) is 14.9 Å². The van der Waals surface area contributed by atoms with Gasteiger partial charge in [0.25, 0.3) is 5.69 Å². The second kappa shape index (κ2) is 6.89. The average molecular weight is 408 g/mol. The topological polar surface area (TPSA) is 105 Å². The Morgan fingerprint density at radius 3 is 2.60 bits per heavy atom. The van der Waals surface area contributed by atoms with Crippen LogP contribution < -0.4 is 9.47 Å². The molecule has 3 rings (SSSR count). The minimum Gasteiger partial charge on any atom is -0.454 e. The molecular formula is C16H10BrNO7. The van der Waals surface area contributed by atoms with Gasteiger partial charge in [0.15, 0.2) is 23.9 Å². The van der Waals surface area contributed by atoms with E-state index in [2.05, 4.69) is 15.9 Å². The zero-order valence-electron chi connectivity index (χ0n) is 12.6. The van der Waals surface area contributed by atoms with Crippen molar-refractivity contribution in [1.29, 1.82) is 0 Å². The highest BCUT2D eigenvalue weighted by Crippen LogP contribution is 2.32. The van der Waals surface area contributed by atoms with Gasteiger partial charge < -0.3 is 14.2 Å². The number of ether oxygens (including phenoxy) is 3. The van der Waals surface area contributed by atoms with Crippen molar-refractivity contribution in [1.82, 2.24) is 0 Å². The summed E-state index contributed by atoms with van der Waals surface area (Å²) in [5.41, 5.74) is 0.0174. The minimum atomic E-state index is -0.829. The molecule has 0 saturated heterocycles. The Hall–Kier alpha value is -2.94. The van der Waals surface area contributed by atoms with E-state index in [0.717, 1.165) is 6.07 Å². The first-order chi connectivity index (χ1) is 12.0. The normalized spacial score (nSPS) is 11.9. The van der Waals surface area contributed by atoms with Crippen LogP contribution >= 0.6 is 15.9 Å². The Morgan fingerprint density at radius 1 is 1.12 bits per heavy atom. The molecule has 0 radical (unpaired) electrons. The van der Waals surface area contributed by atoms with Gasteiger partial charge in [-0.25, -0.2) is 4.79 Å². The maximum Gasteiger partial charge on any atom is 0.338 e. The van der Waals surface area contributed by atoms with Crippen molar-refractivity contribution in [2.75, 3.05) is 13.4 Å². The third-order valence-corrected chi connectivity index (χ3v) is 4.08. The van der Waals surface area contributed by atoms with E-state index in [4.69, 9.17) is 14.2 Å². The molecule has 0 bridgehead atoms. The second-order valence-corrected chi connectivity index (χ2v) is 5.84. The number of esters is 1. The van der Waals surface area contributed by atoms with Crippen molar-refractivity contribution in [3.05, 3.63) is 62.1 Å². The van der Waals surface area contributed by atoms with E-state index in [-0.39, 0.29) is 22.5 Å². The summed E-state index contributed by atoms with van der Waals surface area (Å²) < 4.78 is 15.5. The summed E-state index contributed by atoms with van der Waals surface area (Å²) in [5, 5.41) is 10.9. The molecule has 0 N–H and O–H groups in total. The largest absolute Gasteiger partial charge is 0.454 e. The zero-order valence-corrected chi connectivity index (χ0v) is 14.1. The van der Waals surface area contributed by atoms with Crippen molar-refractivity contribution < 1.29 is 28.7 Å². The lowest BCUT2D eigenvalue weighted by Crippen LogP contribution is -2.14. The number of nitrogens with zero attached hydrogens (tertiary/aromatic N) is 1. The zero-order chi connectivity index (χ0) is 18.0. The highest BCUT2D eigenvalue weighted by Gasteiger charge is 2.19. The smallest absolute Gasteiger partial charge is 0.338 e. The predicted molar refractivity (Wildman–Crippen MR) is 88.0 cm³/mol. The van der Waals surface area contributed by atoms with Gasteiger partial charge in [0.2, 0.25) is 6.79 Å². The number of rotatable bonds is 5. The summed E-state index contributed by atoms with van der Waals surface area (Å²) in [5.74, 6) is -0.278. The van der Waals surface area contributed by atoms with Gasteiger partial charge in [0.05, 0.1) is 15.0 Å². The third-order valence-electron chi connectivity index (χ3n) is 3.41. The van der Waals surface area contributed by atoms with Crippen molar-refractivity contribution >= 4 is 33.4 Å². The summed E-state index contributed by atoms with van der Waals surface area (Å²) in [4.78, 5) is 34.4. The highest BCUT2D eigenvalue weighted by molar-refractivity contribution is 9.10. The number of benzene rings is 2. The van der Waals surface area contributed by atoms with E-state index < -0.39 is 23.3 Å². The Labute approximate surface area is 149 Å². The average Bonchev–Trinajstić information content (AvgIpc) is 3.07. The van der Waals surface area contributed by atoms with Gasteiger partial charge in [0, 0.05) is 11.6 Å². The van der Waals surface area contributed by atoms with E-state index in [1.54, 1.807) is 6.07 Å². The summed E-state index contributed by atoms with van der Waals surface area (Å²) in [6.07, 6.45) is 0. The Morgan fingerprint density at radius 2 is 1.84 bits per heavy atom. The number of ketones is 1. The van der Waals surface area contributed by atoms with Crippen LogP contribution in [0.5, 0.6) is 11.5 Å². The standard InChI is InChI=1S/C16H10BrNO7/c17-11-3-1-10(5-12(11)18(21)22)16(20)23-7-13(19)9-2-4-14-15(6-9)25-8-24-14/h1-6H,7-8H2. The lowest BCUT2D eigenvalue weighted by molar-refractivity contribution is -0.385. The second-order valence-electron chi connectivity index (χ2n) is 4.99. The van der Waals surface area contributed by atoms with E-state index in [0.29, 0.717) is 17.1 Å². The first-order valence-corrected chi connectivity index (χ1v) is 7.79. The number of nitro benzene ring substituents is 1. The monoisotopic (exact) mass is 407 g/mol. The number of fused-ring (bicyclic) bond motifs is 1. The van der Waals surface area contributed by atoms with Crippen LogP contribution in [-0.4, -0.2) is 30.1 Å². The third kappa shape index (κ3) is 3.61. The maximum absolute atomic E-state index is 12.1. The number of hydrogen-bond acceptors (Lipinski definition) is 7. The molecule has 1 aliphatic heterocycles. The SMILES string of the molecule is O=C(COC(=O)c1ccc(Br)c([N+](=O)[O-])c1)c1ccc2c(c1)OCO2. The molecular weight excluding hydrogens is 398 g/mol. The minimum absolute atomic E-state index is 0.0200. The number of Topliss-reactive ketones (excluding diaryl/α,β-unsaturated/α-hetero) is 1. The summed E-state index contributed by atoms with van der Waals surface area (Å²) in [6, 6.07) is 8.45. The molecule has 0 amide bonds. The molecule has 0 aliphatic carbocycles. The molecule has 0 aromatic heterocycles. The molecule has 0 unspecified atom stereocenters. The highest BCUT2D eigenvalue weighted by atomic mass is 79.9. The van der Waals surface area contributed by atoms with Crippen molar-refractivity contribution in [2.24, 2.45) is 0 Å². The van der Waals surface area contributed by atoms with Gasteiger partial charge in [-0.15, -0.1) is 0 Å². The Bertz CT molecular complexity index is 881. The van der Waals surface area contributed by atoms with Crippen LogP contribution in [0.15, 0.2) is 40.9 Å².